The normalized spacial score (nSPS) is 36.9. The molecule has 2 heterocycles. The lowest BCUT2D eigenvalue weighted by atomic mass is 9.85. The van der Waals surface area contributed by atoms with Crippen molar-refractivity contribution in [1.82, 2.24) is 9.80 Å². The fourth-order valence-electron chi connectivity index (χ4n) is 2.84. The molecule has 2 N–H and O–H groups in total. The van der Waals surface area contributed by atoms with Crippen molar-refractivity contribution in [2.45, 2.75) is 32.9 Å². The van der Waals surface area contributed by atoms with Gasteiger partial charge in [0.15, 0.2) is 0 Å². The molecule has 0 aromatic carbocycles. The summed E-state index contributed by atoms with van der Waals surface area (Å²) < 4.78 is 5.51. The van der Waals surface area contributed by atoms with Crippen LogP contribution < -0.4 is 5.73 Å². The average molecular weight is 241 g/mol. The Morgan fingerprint density at radius 3 is 2.41 bits per heavy atom. The summed E-state index contributed by atoms with van der Waals surface area (Å²) in [7, 11) is 0. The summed E-state index contributed by atoms with van der Waals surface area (Å²) in [6, 6.07) is 0.871. The number of ether oxygens (including phenoxy) is 1. The van der Waals surface area contributed by atoms with E-state index in [0.717, 1.165) is 19.8 Å². The van der Waals surface area contributed by atoms with Crippen molar-refractivity contribution in [1.29, 1.82) is 0 Å². The molecule has 0 bridgehead atoms. The van der Waals surface area contributed by atoms with Crippen LogP contribution in [0.2, 0.25) is 0 Å². The first-order chi connectivity index (χ1) is 8.01. The highest BCUT2D eigenvalue weighted by Gasteiger charge is 2.39. The maximum absolute atomic E-state index is 6.14. The molecule has 2 aliphatic heterocycles. The van der Waals surface area contributed by atoms with Crippen LogP contribution in [0.4, 0.5) is 0 Å². The summed E-state index contributed by atoms with van der Waals surface area (Å²) >= 11 is 0. The second kappa shape index (κ2) is 5.22. The minimum absolute atomic E-state index is 0.153. The number of nitrogens with two attached hydrogens (primary N) is 1. The third kappa shape index (κ3) is 2.99. The van der Waals surface area contributed by atoms with Gasteiger partial charge >= 0.3 is 0 Å². The second-order valence-electron chi connectivity index (χ2n) is 6.18. The Bertz CT molecular complexity index is 251. The van der Waals surface area contributed by atoms with Crippen LogP contribution in [0.3, 0.4) is 0 Å². The van der Waals surface area contributed by atoms with Gasteiger partial charge in [-0.25, -0.2) is 0 Å². The molecule has 0 aromatic rings. The first kappa shape index (κ1) is 13.3. The van der Waals surface area contributed by atoms with Gasteiger partial charge in [0, 0.05) is 50.2 Å². The van der Waals surface area contributed by atoms with Gasteiger partial charge in [-0.2, -0.15) is 0 Å². The molecule has 2 aliphatic rings. The molecule has 2 unspecified atom stereocenters. The van der Waals surface area contributed by atoms with Crippen molar-refractivity contribution in [3.05, 3.63) is 0 Å². The SMILES string of the molecule is CC(C)N1CCN(CC2(C)COCC2N)CC1. The molecular formula is C13H27N3O. The molecule has 2 saturated heterocycles. The molecule has 4 heteroatoms. The Labute approximate surface area is 105 Å². The molecule has 0 amide bonds. The summed E-state index contributed by atoms with van der Waals surface area (Å²) in [6.07, 6.45) is 0. The highest BCUT2D eigenvalue weighted by atomic mass is 16.5. The van der Waals surface area contributed by atoms with Crippen LogP contribution in [0.15, 0.2) is 0 Å². The Hall–Kier alpha value is -0.160. The number of piperazine rings is 1. The Kier molecular flexibility index (Phi) is 4.08. The molecule has 0 spiro atoms. The fourth-order valence-corrected chi connectivity index (χ4v) is 2.84. The number of rotatable bonds is 3. The van der Waals surface area contributed by atoms with Crippen molar-refractivity contribution in [3.8, 4) is 0 Å². The van der Waals surface area contributed by atoms with E-state index in [4.69, 9.17) is 10.5 Å². The van der Waals surface area contributed by atoms with Gasteiger partial charge < -0.3 is 15.4 Å². The van der Waals surface area contributed by atoms with Crippen molar-refractivity contribution in [2.75, 3.05) is 45.9 Å². The summed E-state index contributed by atoms with van der Waals surface area (Å²) in [5.74, 6) is 0. The van der Waals surface area contributed by atoms with Crippen LogP contribution in [-0.4, -0.2) is 67.8 Å². The molecule has 2 rings (SSSR count). The van der Waals surface area contributed by atoms with Crippen LogP contribution >= 0.6 is 0 Å². The standard InChI is InChI=1S/C13H27N3O/c1-11(2)16-6-4-15(5-7-16)9-13(3)10-17-8-12(13)14/h11-12H,4-10,14H2,1-3H3. The Morgan fingerprint density at radius 1 is 1.29 bits per heavy atom. The molecule has 17 heavy (non-hydrogen) atoms. The number of hydrogen-bond donors (Lipinski definition) is 1. The Morgan fingerprint density at radius 2 is 1.94 bits per heavy atom. The summed E-state index contributed by atoms with van der Waals surface area (Å²) in [5, 5.41) is 0. The molecule has 100 valence electrons. The smallest absolute Gasteiger partial charge is 0.0624 e. The molecule has 4 nitrogen and oxygen atoms in total. The van der Waals surface area contributed by atoms with Gasteiger partial charge in [0.1, 0.15) is 0 Å². The van der Waals surface area contributed by atoms with E-state index >= 15 is 0 Å². The van der Waals surface area contributed by atoms with E-state index in [1.807, 2.05) is 0 Å². The lowest BCUT2D eigenvalue weighted by Crippen LogP contribution is -2.54. The predicted octanol–water partition coefficient (Wildman–Crippen LogP) is 0.376. The maximum Gasteiger partial charge on any atom is 0.0624 e. The van der Waals surface area contributed by atoms with Gasteiger partial charge in [0.05, 0.1) is 13.2 Å². The predicted molar refractivity (Wildman–Crippen MR) is 70.1 cm³/mol. The minimum Gasteiger partial charge on any atom is -0.379 e. The molecular weight excluding hydrogens is 214 g/mol. The van der Waals surface area contributed by atoms with Crippen LogP contribution in [0.5, 0.6) is 0 Å². The number of hydrogen-bond acceptors (Lipinski definition) is 4. The van der Waals surface area contributed by atoms with Gasteiger partial charge in [-0.1, -0.05) is 6.92 Å². The van der Waals surface area contributed by atoms with E-state index in [1.165, 1.54) is 26.2 Å². The number of nitrogens with zero attached hydrogens (tertiary/aromatic N) is 2. The zero-order chi connectivity index (χ0) is 12.5. The zero-order valence-corrected chi connectivity index (χ0v) is 11.5. The van der Waals surface area contributed by atoms with Crippen LogP contribution in [-0.2, 0) is 4.74 Å². The lowest BCUT2D eigenvalue weighted by molar-refractivity contribution is 0.0653. The molecule has 0 aliphatic carbocycles. The summed E-state index contributed by atoms with van der Waals surface area (Å²) in [5.41, 5.74) is 6.30. The van der Waals surface area contributed by atoms with Gasteiger partial charge in [-0.05, 0) is 13.8 Å². The maximum atomic E-state index is 6.14. The monoisotopic (exact) mass is 241 g/mol. The third-order valence-corrected chi connectivity index (χ3v) is 4.35. The van der Waals surface area contributed by atoms with Gasteiger partial charge in [-0.15, -0.1) is 0 Å². The van der Waals surface area contributed by atoms with E-state index < -0.39 is 0 Å². The highest BCUT2D eigenvalue weighted by molar-refractivity contribution is 4.93. The van der Waals surface area contributed by atoms with Crippen molar-refractivity contribution in [3.63, 3.8) is 0 Å². The van der Waals surface area contributed by atoms with Crippen molar-refractivity contribution in [2.24, 2.45) is 11.1 Å². The Balaban J connectivity index is 1.82. The van der Waals surface area contributed by atoms with E-state index in [9.17, 15) is 0 Å². The molecule has 0 aromatic heterocycles. The fraction of sp³-hybridized carbons (Fsp3) is 1.00. The average Bonchev–Trinajstić information content (AvgIpc) is 2.60. The van der Waals surface area contributed by atoms with Crippen LogP contribution in [0.25, 0.3) is 0 Å². The third-order valence-electron chi connectivity index (χ3n) is 4.35. The van der Waals surface area contributed by atoms with E-state index in [-0.39, 0.29) is 11.5 Å². The minimum atomic E-state index is 0.153. The van der Waals surface area contributed by atoms with Crippen LogP contribution in [0, 0.1) is 5.41 Å². The topological polar surface area (TPSA) is 41.7 Å². The highest BCUT2D eigenvalue weighted by Crippen LogP contribution is 2.28. The van der Waals surface area contributed by atoms with Crippen molar-refractivity contribution < 1.29 is 4.74 Å². The molecule has 0 saturated carbocycles. The van der Waals surface area contributed by atoms with E-state index in [1.54, 1.807) is 0 Å². The van der Waals surface area contributed by atoms with Gasteiger partial charge in [0.25, 0.3) is 0 Å². The molecule has 0 radical (unpaired) electrons. The largest absolute Gasteiger partial charge is 0.379 e. The first-order valence-electron chi connectivity index (χ1n) is 6.81. The molecule has 2 fully saturated rings. The quantitative estimate of drug-likeness (QED) is 0.775. The zero-order valence-electron chi connectivity index (χ0n) is 11.5. The summed E-state index contributed by atoms with van der Waals surface area (Å²) in [4.78, 5) is 5.09. The van der Waals surface area contributed by atoms with E-state index in [0.29, 0.717) is 6.04 Å². The second-order valence-corrected chi connectivity index (χ2v) is 6.18. The lowest BCUT2D eigenvalue weighted by Gasteiger charge is -2.40. The van der Waals surface area contributed by atoms with Crippen LogP contribution in [0.1, 0.15) is 20.8 Å². The van der Waals surface area contributed by atoms with Gasteiger partial charge in [0.2, 0.25) is 0 Å². The van der Waals surface area contributed by atoms with E-state index in [2.05, 4.69) is 30.6 Å². The van der Waals surface area contributed by atoms with Gasteiger partial charge in [-0.3, -0.25) is 4.90 Å². The molecule has 2 atom stereocenters. The summed E-state index contributed by atoms with van der Waals surface area (Å²) in [6.45, 7) is 14.1. The van der Waals surface area contributed by atoms with Crippen molar-refractivity contribution >= 4 is 0 Å². The first-order valence-corrected chi connectivity index (χ1v) is 6.81.